The maximum atomic E-state index is 6.19. The summed E-state index contributed by atoms with van der Waals surface area (Å²) in [5, 5.41) is 1.14. The lowest BCUT2D eigenvalue weighted by Crippen LogP contribution is -2.34. The van der Waals surface area contributed by atoms with Crippen molar-refractivity contribution in [3.63, 3.8) is 0 Å². The number of aryl methyl sites for hydroxylation is 1. The molecule has 2 rings (SSSR count). The number of fused-ring (bicyclic) bond motifs is 1. The Labute approximate surface area is 127 Å². The van der Waals surface area contributed by atoms with Crippen molar-refractivity contribution >= 4 is 10.9 Å². The van der Waals surface area contributed by atoms with E-state index in [1.54, 1.807) is 0 Å². The minimum Gasteiger partial charge on any atom is -0.493 e. The van der Waals surface area contributed by atoms with E-state index >= 15 is 0 Å². The molecule has 1 aromatic heterocycles. The molecule has 0 aliphatic heterocycles. The van der Waals surface area contributed by atoms with Gasteiger partial charge < -0.3 is 10.5 Å². The Hall–Kier alpha value is -1.61. The lowest BCUT2D eigenvalue weighted by atomic mass is 9.93. The second kappa shape index (κ2) is 6.02. The highest BCUT2D eigenvalue weighted by molar-refractivity contribution is 5.84. The summed E-state index contributed by atoms with van der Waals surface area (Å²) in [4.78, 5) is 4.61. The van der Waals surface area contributed by atoms with Crippen LogP contribution in [0.5, 0.6) is 5.75 Å². The zero-order valence-electron chi connectivity index (χ0n) is 13.7. The first-order valence-electron chi connectivity index (χ1n) is 7.56. The van der Waals surface area contributed by atoms with E-state index in [-0.39, 0.29) is 5.54 Å². The molecule has 0 unspecified atom stereocenters. The molecule has 0 amide bonds. The van der Waals surface area contributed by atoms with Gasteiger partial charge in [0.1, 0.15) is 5.75 Å². The van der Waals surface area contributed by atoms with Crippen molar-refractivity contribution in [2.24, 2.45) is 11.7 Å². The van der Waals surface area contributed by atoms with Crippen LogP contribution in [0.15, 0.2) is 24.3 Å². The largest absolute Gasteiger partial charge is 0.493 e. The summed E-state index contributed by atoms with van der Waals surface area (Å²) >= 11 is 0. The highest BCUT2D eigenvalue weighted by Crippen LogP contribution is 2.26. The number of ether oxygens (including phenoxy) is 1. The van der Waals surface area contributed by atoms with E-state index in [4.69, 9.17) is 10.5 Å². The number of hydrogen-bond acceptors (Lipinski definition) is 3. The van der Waals surface area contributed by atoms with Crippen molar-refractivity contribution in [2.45, 2.75) is 46.6 Å². The van der Waals surface area contributed by atoms with Gasteiger partial charge in [0.25, 0.3) is 0 Å². The van der Waals surface area contributed by atoms with Gasteiger partial charge in [0.2, 0.25) is 0 Å². The van der Waals surface area contributed by atoms with Gasteiger partial charge in [0.05, 0.1) is 12.1 Å². The van der Waals surface area contributed by atoms with Gasteiger partial charge in [-0.1, -0.05) is 13.8 Å². The molecule has 0 bridgehead atoms. The van der Waals surface area contributed by atoms with Crippen molar-refractivity contribution in [1.82, 2.24) is 4.98 Å². The molecular weight excluding hydrogens is 260 g/mol. The van der Waals surface area contributed by atoms with Crippen molar-refractivity contribution < 1.29 is 4.74 Å². The van der Waals surface area contributed by atoms with Gasteiger partial charge in [-0.05, 0) is 62.9 Å². The van der Waals surface area contributed by atoms with Crippen LogP contribution in [0.3, 0.4) is 0 Å². The topological polar surface area (TPSA) is 48.1 Å². The lowest BCUT2D eigenvalue weighted by molar-refractivity contribution is 0.271. The summed E-state index contributed by atoms with van der Waals surface area (Å²) in [6.45, 7) is 11.1. The van der Waals surface area contributed by atoms with Crippen LogP contribution in [0.1, 0.15) is 39.0 Å². The van der Waals surface area contributed by atoms with E-state index < -0.39 is 0 Å². The van der Waals surface area contributed by atoms with Crippen LogP contribution in [0.2, 0.25) is 0 Å². The molecule has 1 aromatic carbocycles. The maximum Gasteiger partial charge on any atom is 0.120 e. The van der Waals surface area contributed by atoms with Gasteiger partial charge in [-0.3, -0.25) is 4.98 Å². The average molecular weight is 286 g/mol. The fourth-order valence-electron chi connectivity index (χ4n) is 2.41. The molecule has 1 heterocycles. The first kappa shape index (κ1) is 15.8. The Kier molecular flexibility index (Phi) is 4.52. The highest BCUT2D eigenvalue weighted by atomic mass is 16.5. The predicted molar refractivity (Wildman–Crippen MR) is 88.8 cm³/mol. The van der Waals surface area contributed by atoms with Crippen LogP contribution in [-0.2, 0) is 6.42 Å². The second-order valence-electron chi connectivity index (χ2n) is 6.97. The molecule has 3 heteroatoms. The maximum absolute atomic E-state index is 6.19. The SMILES string of the molecule is Cc1cc(CC(C)(C)N)c2cc(OCC(C)C)ccc2n1. The van der Waals surface area contributed by atoms with Gasteiger partial charge in [0.15, 0.2) is 0 Å². The molecular formula is C18H26N2O. The van der Waals surface area contributed by atoms with E-state index in [1.807, 2.05) is 32.9 Å². The summed E-state index contributed by atoms with van der Waals surface area (Å²) in [6, 6.07) is 8.24. The number of pyridine rings is 1. The van der Waals surface area contributed by atoms with Gasteiger partial charge in [-0.25, -0.2) is 0 Å². The van der Waals surface area contributed by atoms with Crippen LogP contribution in [-0.4, -0.2) is 17.1 Å². The molecule has 2 aromatic rings. The fraction of sp³-hybridized carbons (Fsp3) is 0.500. The molecule has 0 aliphatic rings. The van der Waals surface area contributed by atoms with E-state index in [2.05, 4.69) is 31.0 Å². The lowest BCUT2D eigenvalue weighted by Gasteiger charge is -2.20. The fourth-order valence-corrected chi connectivity index (χ4v) is 2.41. The van der Waals surface area contributed by atoms with Crippen LogP contribution in [0.25, 0.3) is 10.9 Å². The van der Waals surface area contributed by atoms with Gasteiger partial charge in [-0.2, -0.15) is 0 Å². The first-order valence-corrected chi connectivity index (χ1v) is 7.56. The van der Waals surface area contributed by atoms with Crippen molar-refractivity contribution in [1.29, 1.82) is 0 Å². The van der Waals surface area contributed by atoms with E-state index in [0.29, 0.717) is 5.92 Å². The summed E-state index contributed by atoms with van der Waals surface area (Å²) in [5.41, 5.74) is 9.22. The standard InChI is InChI=1S/C18H26N2O/c1-12(2)11-21-15-6-7-17-16(9-15)14(8-13(3)20-17)10-18(4,5)19/h6-9,12H,10-11,19H2,1-5H3. The molecule has 21 heavy (non-hydrogen) atoms. The Morgan fingerprint density at radius 2 is 1.95 bits per heavy atom. The minimum absolute atomic E-state index is 0.241. The molecule has 0 fully saturated rings. The number of benzene rings is 1. The highest BCUT2D eigenvalue weighted by Gasteiger charge is 2.15. The molecule has 3 nitrogen and oxygen atoms in total. The number of nitrogens with two attached hydrogens (primary N) is 1. The Balaban J connectivity index is 2.43. The predicted octanol–water partition coefficient (Wildman–Crippen LogP) is 3.86. The Bertz CT molecular complexity index is 627. The monoisotopic (exact) mass is 286 g/mol. The second-order valence-corrected chi connectivity index (χ2v) is 6.97. The van der Waals surface area contributed by atoms with Crippen LogP contribution in [0, 0.1) is 12.8 Å². The third-order valence-corrected chi connectivity index (χ3v) is 3.22. The summed E-state index contributed by atoms with van der Waals surface area (Å²) < 4.78 is 5.83. The van der Waals surface area contributed by atoms with Crippen LogP contribution >= 0.6 is 0 Å². The van der Waals surface area contributed by atoms with Crippen molar-refractivity contribution in [2.75, 3.05) is 6.61 Å². The number of nitrogens with zero attached hydrogens (tertiary/aromatic N) is 1. The van der Waals surface area contributed by atoms with E-state index in [9.17, 15) is 0 Å². The number of aromatic nitrogens is 1. The summed E-state index contributed by atoms with van der Waals surface area (Å²) in [5.74, 6) is 1.41. The molecule has 0 spiro atoms. The Morgan fingerprint density at radius 3 is 2.57 bits per heavy atom. The minimum atomic E-state index is -0.241. The number of hydrogen-bond donors (Lipinski definition) is 1. The van der Waals surface area contributed by atoms with Crippen molar-refractivity contribution in [3.8, 4) is 5.75 Å². The van der Waals surface area contributed by atoms with E-state index in [0.717, 1.165) is 35.4 Å². The van der Waals surface area contributed by atoms with Gasteiger partial charge in [0, 0.05) is 16.6 Å². The van der Waals surface area contributed by atoms with Crippen LogP contribution in [0.4, 0.5) is 0 Å². The summed E-state index contributed by atoms with van der Waals surface area (Å²) in [7, 11) is 0. The van der Waals surface area contributed by atoms with Crippen LogP contribution < -0.4 is 10.5 Å². The first-order chi connectivity index (χ1) is 9.74. The van der Waals surface area contributed by atoms with Gasteiger partial charge in [-0.15, -0.1) is 0 Å². The summed E-state index contributed by atoms with van der Waals surface area (Å²) in [6.07, 6.45) is 0.820. The zero-order chi connectivity index (χ0) is 15.6. The van der Waals surface area contributed by atoms with Gasteiger partial charge >= 0.3 is 0 Å². The molecule has 114 valence electrons. The molecule has 2 N–H and O–H groups in total. The molecule has 0 aliphatic carbocycles. The molecule has 0 saturated carbocycles. The molecule has 0 atom stereocenters. The third kappa shape index (κ3) is 4.43. The zero-order valence-corrected chi connectivity index (χ0v) is 13.7. The smallest absolute Gasteiger partial charge is 0.120 e. The normalized spacial score (nSPS) is 12.1. The average Bonchev–Trinajstić information content (AvgIpc) is 2.34. The Morgan fingerprint density at radius 1 is 1.24 bits per heavy atom. The molecule has 0 saturated heterocycles. The number of rotatable bonds is 5. The molecule has 0 radical (unpaired) electrons. The van der Waals surface area contributed by atoms with E-state index in [1.165, 1.54) is 5.56 Å². The van der Waals surface area contributed by atoms with Crippen molar-refractivity contribution in [3.05, 3.63) is 35.5 Å². The third-order valence-electron chi connectivity index (χ3n) is 3.22. The quantitative estimate of drug-likeness (QED) is 0.908.